The number of rotatable bonds is 6. The van der Waals surface area contributed by atoms with Gasteiger partial charge in [0.1, 0.15) is 0 Å². The largest absolute Gasteiger partial charge is 0.394 e. The molecule has 1 atom stereocenters. The van der Waals surface area contributed by atoms with Gasteiger partial charge in [-0.25, -0.2) is 4.79 Å². The average molecular weight is 327 g/mol. The lowest BCUT2D eigenvalue weighted by Crippen LogP contribution is -2.52. The smallest absolute Gasteiger partial charge is 0.315 e. The van der Waals surface area contributed by atoms with E-state index in [1.807, 2.05) is 6.07 Å². The first-order chi connectivity index (χ1) is 10.5. The van der Waals surface area contributed by atoms with Crippen LogP contribution < -0.4 is 10.6 Å². The minimum Gasteiger partial charge on any atom is -0.394 e. The van der Waals surface area contributed by atoms with Crippen LogP contribution in [0.2, 0.25) is 0 Å². The number of morpholine rings is 1. The Balaban J connectivity index is 1.94. The van der Waals surface area contributed by atoms with Crippen LogP contribution in [0.1, 0.15) is 24.8 Å². The van der Waals surface area contributed by atoms with Crippen LogP contribution in [-0.2, 0) is 4.74 Å². The molecule has 0 spiro atoms. The van der Waals surface area contributed by atoms with Crippen molar-refractivity contribution in [2.75, 3.05) is 39.5 Å². The molecule has 22 heavy (non-hydrogen) atoms. The van der Waals surface area contributed by atoms with Gasteiger partial charge in [0.2, 0.25) is 0 Å². The fourth-order valence-corrected chi connectivity index (χ4v) is 3.22. The Hall–Kier alpha value is -1.15. The number of urea groups is 1. The van der Waals surface area contributed by atoms with Crippen molar-refractivity contribution in [2.45, 2.75) is 25.4 Å². The van der Waals surface area contributed by atoms with E-state index in [9.17, 15) is 9.90 Å². The van der Waals surface area contributed by atoms with Crippen LogP contribution in [-0.4, -0.2) is 61.0 Å². The first-order valence-corrected chi connectivity index (χ1v) is 8.42. The first kappa shape index (κ1) is 17.2. The molecule has 2 heterocycles. The Morgan fingerprint density at radius 2 is 2.23 bits per heavy atom. The lowest BCUT2D eigenvalue weighted by molar-refractivity contribution is 0.0173. The van der Waals surface area contributed by atoms with Crippen molar-refractivity contribution < 1.29 is 14.6 Å². The summed E-state index contributed by atoms with van der Waals surface area (Å²) in [5, 5.41) is 17.0. The maximum atomic E-state index is 12.0. The maximum Gasteiger partial charge on any atom is 0.315 e. The van der Waals surface area contributed by atoms with E-state index in [0.29, 0.717) is 6.54 Å². The van der Waals surface area contributed by atoms with Crippen LogP contribution in [0.3, 0.4) is 0 Å². The normalized spacial score (nSPS) is 18.0. The molecule has 0 aliphatic carbocycles. The molecule has 3 N–H and O–H groups in total. The zero-order chi connectivity index (χ0) is 16.0. The van der Waals surface area contributed by atoms with Gasteiger partial charge in [0, 0.05) is 24.5 Å². The molecular formula is C15H25N3O3S. The highest BCUT2D eigenvalue weighted by molar-refractivity contribution is 7.10. The fraction of sp³-hybridized carbons (Fsp3) is 0.667. The van der Waals surface area contributed by atoms with E-state index in [1.165, 1.54) is 4.88 Å². The molecule has 1 aliphatic heterocycles. The molecular weight excluding hydrogens is 302 g/mol. The Morgan fingerprint density at radius 1 is 1.50 bits per heavy atom. The topological polar surface area (TPSA) is 73.8 Å². The van der Waals surface area contributed by atoms with Crippen molar-refractivity contribution in [3.8, 4) is 0 Å². The van der Waals surface area contributed by atoms with Gasteiger partial charge in [0.25, 0.3) is 0 Å². The van der Waals surface area contributed by atoms with E-state index < -0.39 is 5.54 Å². The number of thiophene rings is 1. The number of aliphatic hydroxyl groups is 1. The van der Waals surface area contributed by atoms with Gasteiger partial charge in [0.05, 0.1) is 31.4 Å². The standard InChI is InChI=1S/C15H25N3O3S/c1-15(2,11-19)17-14(20)16-10-12(13-4-3-9-22-13)18-5-7-21-8-6-18/h3-4,9,12,19H,5-8,10-11H2,1-2H3,(H2,16,17,20). The lowest BCUT2D eigenvalue weighted by Gasteiger charge is -2.34. The second-order valence-electron chi connectivity index (χ2n) is 6.06. The predicted molar refractivity (Wildman–Crippen MR) is 87.2 cm³/mol. The SMILES string of the molecule is CC(C)(CO)NC(=O)NCC(c1cccs1)N1CCOCC1. The molecule has 1 unspecified atom stereocenters. The minimum atomic E-state index is -0.624. The van der Waals surface area contributed by atoms with Crippen LogP contribution in [0.4, 0.5) is 4.79 Å². The molecule has 1 aliphatic rings. The molecule has 2 rings (SSSR count). The van der Waals surface area contributed by atoms with E-state index in [2.05, 4.69) is 27.0 Å². The van der Waals surface area contributed by atoms with Crippen molar-refractivity contribution in [3.63, 3.8) is 0 Å². The number of aliphatic hydroxyl groups excluding tert-OH is 1. The van der Waals surface area contributed by atoms with Gasteiger partial charge in [-0.2, -0.15) is 0 Å². The number of hydrogen-bond donors (Lipinski definition) is 3. The second kappa shape index (κ2) is 7.92. The van der Waals surface area contributed by atoms with Crippen LogP contribution in [0.15, 0.2) is 17.5 Å². The molecule has 0 saturated carbocycles. The summed E-state index contributed by atoms with van der Waals surface area (Å²) < 4.78 is 5.41. The quantitative estimate of drug-likeness (QED) is 0.734. The fourth-order valence-electron chi connectivity index (χ4n) is 2.36. The Labute approximate surface area is 135 Å². The first-order valence-electron chi connectivity index (χ1n) is 7.54. The molecule has 7 heteroatoms. The third kappa shape index (κ3) is 4.95. The number of carbonyl (C=O) groups excluding carboxylic acids is 1. The monoisotopic (exact) mass is 327 g/mol. The Morgan fingerprint density at radius 3 is 2.82 bits per heavy atom. The van der Waals surface area contributed by atoms with Crippen molar-refractivity contribution in [3.05, 3.63) is 22.4 Å². The van der Waals surface area contributed by atoms with Crippen molar-refractivity contribution in [2.24, 2.45) is 0 Å². The third-order valence-electron chi connectivity index (χ3n) is 3.66. The van der Waals surface area contributed by atoms with Gasteiger partial charge in [-0.3, -0.25) is 4.90 Å². The van der Waals surface area contributed by atoms with E-state index in [4.69, 9.17) is 4.74 Å². The zero-order valence-electron chi connectivity index (χ0n) is 13.2. The van der Waals surface area contributed by atoms with Gasteiger partial charge in [-0.05, 0) is 25.3 Å². The third-order valence-corrected chi connectivity index (χ3v) is 4.63. The van der Waals surface area contributed by atoms with Gasteiger partial charge >= 0.3 is 6.03 Å². The van der Waals surface area contributed by atoms with Crippen LogP contribution in [0.5, 0.6) is 0 Å². The average Bonchev–Trinajstić information content (AvgIpc) is 3.02. The number of nitrogens with one attached hydrogen (secondary N) is 2. The summed E-state index contributed by atoms with van der Waals surface area (Å²) in [7, 11) is 0. The highest BCUT2D eigenvalue weighted by Crippen LogP contribution is 2.25. The Bertz CT molecular complexity index is 459. The number of ether oxygens (including phenoxy) is 1. The van der Waals surface area contributed by atoms with Gasteiger partial charge in [-0.1, -0.05) is 6.07 Å². The molecule has 2 amide bonds. The Kier molecular flexibility index (Phi) is 6.19. The lowest BCUT2D eigenvalue weighted by atomic mass is 10.1. The highest BCUT2D eigenvalue weighted by atomic mass is 32.1. The van der Waals surface area contributed by atoms with Gasteiger partial charge in [0.15, 0.2) is 0 Å². The van der Waals surface area contributed by atoms with Gasteiger partial charge in [-0.15, -0.1) is 11.3 Å². The van der Waals surface area contributed by atoms with Crippen LogP contribution in [0, 0.1) is 0 Å². The molecule has 0 bridgehead atoms. The zero-order valence-corrected chi connectivity index (χ0v) is 14.0. The molecule has 0 radical (unpaired) electrons. The molecule has 1 aromatic rings. The predicted octanol–water partition coefficient (Wildman–Crippen LogP) is 1.19. The summed E-state index contributed by atoms with van der Waals surface area (Å²) in [5.74, 6) is 0. The second-order valence-corrected chi connectivity index (χ2v) is 7.04. The number of carbonyl (C=O) groups is 1. The van der Waals surface area contributed by atoms with E-state index >= 15 is 0 Å². The molecule has 124 valence electrons. The molecule has 1 saturated heterocycles. The van der Waals surface area contributed by atoms with Crippen LogP contribution >= 0.6 is 11.3 Å². The van der Waals surface area contributed by atoms with Crippen LogP contribution in [0.25, 0.3) is 0 Å². The van der Waals surface area contributed by atoms with E-state index in [-0.39, 0.29) is 18.7 Å². The summed E-state index contributed by atoms with van der Waals surface area (Å²) >= 11 is 1.70. The number of amides is 2. The summed E-state index contributed by atoms with van der Waals surface area (Å²) in [6.45, 7) is 7.20. The van der Waals surface area contributed by atoms with Crippen molar-refractivity contribution in [1.29, 1.82) is 0 Å². The summed E-state index contributed by atoms with van der Waals surface area (Å²) in [6, 6.07) is 4.03. The van der Waals surface area contributed by atoms with Crippen molar-refractivity contribution in [1.82, 2.24) is 15.5 Å². The molecule has 0 aromatic carbocycles. The van der Waals surface area contributed by atoms with Crippen molar-refractivity contribution >= 4 is 17.4 Å². The summed E-state index contributed by atoms with van der Waals surface area (Å²) in [6.07, 6.45) is 0. The number of nitrogens with zero attached hydrogens (tertiary/aromatic N) is 1. The molecule has 6 nitrogen and oxygen atoms in total. The van der Waals surface area contributed by atoms with Gasteiger partial charge < -0.3 is 20.5 Å². The molecule has 1 aromatic heterocycles. The number of hydrogen-bond acceptors (Lipinski definition) is 5. The highest BCUT2D eigenvalue weighted by Gasteiger charge is 2.25. The summed E-state index contributed by atoms with van der Waals surface area (Å²) in [5.41, 5.74) is -0.624. The summed E-state index contributed by atoms with van der Waals surface area (Å²) in [4.78, 5) is 15.6. The van der Waals surface area contributed by atoms with E-state index in [1.54, 1.807) is 25.2 Å². The maximum absolute atomic E-state index is 12.0. The molecule has 1 fully saturated rings. The van der Waals surface area contributed by atoms with E-state index in [0.717, 1.165) is 26.3 Å². The minimum absolute atomic E-state index is 0.0990.